The normalized spacial score (nSPS) is 11.2. The van der Waals surface area contributed by atoms with Gasteiger partial charge in [-0.15, -0.1) is 12.4 Å². The number of halogens is 1. The summed E-state index contributed by atoms with van der Waals surface area (Å²) in [5.74, 6) is -0.193. The second-order valence-corrected chi connectivity index (χ2v) is 4.36. The van der Waals surface area contributed by atoms with E-state index in [4.69, 9.17) is 5.73 Å². The van der Waals surface area contributed by atoms with Crippen LogP contribution >= 0.6 is 12.4 Å². The molecule has 2 amide bonds. The smallest absolute Gasteiger partial charge is 0.225 e. The minimum absolute atomic E-state index is 0. The van der Waals surface area contributed by atoms with E-state index in [9.17, 15) is 9.59 Å². The van der Waals surface area contributed by atoms with Crippen LogP contribution in [-0.2, 0) is 9.59 Å². The molecule has 0 saturated heterocycles. The summed E-state index contributed by atoms with van der Waals surface area (Å²) in [6.45, 7) is 3.26. The van der Waals surface area contributed by atoms with Gasteiger partial charge in [0.1, 0.15) is 0 Å². The van der Waals surface area contributed by atoms with Crippen LogP contribution < -0.4 is 16.0 Å². The molecule has 0 aliphatic rings. The van der Waals surface area contributed by atoms with E-state index >= 15 is 0 Å². The van der Waals surface area contributed by atoms with Crippen LogP contribution in [0.2, 0.25) is 0 Å². The van der Waals surface area contributed by atoms with Crippen LogP contribution in [0.5, 0.6) is 0 Å². The van der Waals surface area contributed by atoms with Crippen molar-refractivity contribution < 1.29 is 9.59 Å². The van der Waals surface area contributed by atoms with E-state index in [1.165, 1.54) is 11.8 Å². The van der Waals surface area contributed by atoms with E-state index in [1.54, 1.807) is 32.2 Å². The van der Waals surface area contributed by atoms with Crippen LogP contribution in [0.4, 0.5) is 11.4 Å². The number of nitrogens with one attached hydrogen (secondary N) is 1. The molecule has 0 fully saturated rings. The standard InChI is InChI=1S/C13H19N3O2.ClH/c1-9(14)7-13(18)15-11-5-4-6-12(8-11)16(3)10(2)17;/h4-6,8-9H,7,14H2,1-3H3,(H,15,18);1H. The third-order valence-electron chi connectivity index (χ3n) is 2.50. The lowest BCUT2D eigenvalue weighted by atomic mass is 10.2. The summed E-state index contributed by atoms with van der Waals surface area (Å²) in [5.41, 5.74) is 6.95. The molecule has 0 bridgehead atoms. The predicted octanol–water partition coefficient (Wildman–Crippen LogP) is 1.77. The van der Waals surface area contributed by atoms with Crippen molar-refractivity contribution in [3.63, 3.8) is 0 Å². The minimum atomic E-state index is -0.173. The molecule has 1 rings (SSSR count). The number of nitrogens with two attached hydrogens (primary N) is 1. The van der Waals surface area contributed by atoms with Gasteiger partial charge < -0.3 is 16.0 Å². The van der Waals surface area contributed by atoms with Crippen LogP contribution in [0.1, 0.15) is 20.3 Å². The van der Waals surface area contributed by atoms with Crippen LogP contribution in [0.3, 0.4) is 0 Å². The highest BCUT2D eigenvalue weighted by Crippen LogP contribution is 2.18. The van der Waals surface area contributed by atoms with Gasteiger partial charge in [0.25, 0.3) is 0 Å². The molecule has 0 heterocycles. The lowest BCUT2D eigenvalue weighted by molar-refractivity contribution is -0.117. The molecule has 1 unspecified atom stereocenters. The van der Waals surface area contributed by atoms with Crippen LogP contribution in [0.25, 0.3) is 0 Å². The molecule has 6 heteroatoms. The molecule has 1 aromatic rings. The molecule has 19 heavy (non-hydrogen) atoms. The number of carbonyl (C=O) groups excluding carboxylic acids is 2. The van der Waals surface area contributed by atoms with Gasteiger partial charge in [0.05, 0.1) is 0 Å². The van der Waals surface area contributed by atoms with E-state index in [0.717, 1.165) is 5.69 Å². The first-order valence-electron chi connectivity index (χ1n) is 5.80. The van der Waals surface area contributed by atoms with Gasteiger partial charge in [0.2, 0.25) is 11.8 Å². The molecule has 0 aliphatic heterocycles. The molecule has 5 nitrogen and oxygen atoms in total. The second kappa shape index (κ2) is 7.76. The lowest BCUT2D eigenvalue weighted by Gasteiger charge is -2.16. The fraction of sp³-hybridized carbons (Fsp3) is 0.385. The average molecular weight is 286 g/mol. The number of amides is 2. The van der Waals surface area contributed by atoms with Gasteiger partial charge in [0.15, 0.2) is 0 Å². The van der Waals surface area contributed by atoms with Gasteiger partial charge in [-0.3, -0.25) is 9.59 Å². The molecule has 1 atom stereocenters. The zero-order valence-electron chi connectivity index (χ0n) is 11.3. The monoisotopic (exact) mass is 285 g/mol. The Kier molecular flexibility index (Phi) is 7.11. The zero-order valence-corrected chi connectivity index (χ0v) is 12.2. The number of rotatable bonds is 4. The molecular formula is C13H20ClN3O2. The van der Waals surface area contributed by atoms with Gasteiger partial charge >= 0.3 is 0 Å². The molecule has 106 valence electrons. The highest BCUT2D eigenvalue weighted by Gasteiger charge is 2.08. The number of nitrogens with zero attached hydrogens (tertiary/aromatic N) is 1. The Labute approximate surface area is 119 Å². The van der Waals surface area contributed by atoms with Crippen molar-refractivity contribution in [1.29, 1.82) is 0 Å². The minimum Gasteiger partial charge on any atom is -0.327 e. The highest BCUT2D eigenvalue weighted by atomic mass is 35.5. The maximum atomic E-state index is 11.6. The van der Waals surface area contributed by atoms with Crippen molar-refractivity contribution in [1.82, 2.24) is 0 Å². The zero-order chi connectivity index (χ0) is 13.7. The Morgan fingerprint density at radius 3 is 2.58 bits per heavy atom. The molecule has 0 radical (unpaired) electrons. The largest absolute Gasteiger partial charge is 0.327 e. The van der Waals surface area contributed by atoms with Crippen molar-refractivity contribution in [3.8, 4) is 0 Å². The summed E-state index contributed by atoms with van der Waals surface area (Å²) in [7, 11) is 1.69. The van der Waals surface area contributed by atoms with Gasteiger partial charge in [-0.25, -0.2) is 0 Å². The summed E-state index contributed by atoms with van der Waals surface area (Å²) < 4.78 is 0. The maximum Gasteiger partial charge on any atom is 0.225 e. The Hall–Kier alpha value is -1.59. The van der Waals surface area contributed by atoms with Crippen molar-refractivity contribution in [2.75, 3.05) is 17.3 Å². The average Bonchev–Trinajstić information content (AvgIpc) is 2.26. The second-order valence-electron chi connectivity index (χ2n) is 4.36. The first kappa shape index (κ1) is 17.4. The van der Waals surface area contributed by atoms with Crippen LogP contribution in [-0.4, -0.2) is 24.9 Å². The SMILES string of the molecule is CC(=O)N(C)c1cccc(NC(=O)CC(C)N)c1.Cl. The Morgan fingerprint density at radius 1 is 1.42 bits per heavy atom. The Balaban J connectivity index is 0.00000324. The summed E-state index contributed by atoms with van der Waals surface area (Å²) in [5, 5.41) is 2.75. The molecule has 1 aromatic carbocycles. The van der Waals surface area contributed by atoms with Crippen molar-refractivity contribution >= 4 is 35.6 Å². The number of carbonyl (C=O) groups is 2. The molecule has 3 N–H and O–H groups in total. The summed E-state index contributed by atoms with van der Waals surface area (Å²) in [6, 6.07) is 6.95. The summed E-state index contributed by atoms with van der Waals surface area (Å²) in [4.78, 5) is 24.3. The fourth-order valence-corrected chi connectivity index (χ4v) is 1.48. The van der Waals surface area contributed by atoms with Crippen LogP contribution in [0.15, 0.2) is 24.3 Å². The first-order chi connectivity index (χ1) is 8.40. The molecule has 0 saturated carbocycles. The number of hydrogen-bond donors (Lipinski definition) is 2. The highest BCUT2D eigenvalue weighted by molar-refractivity contribution is 5.94. The van der Waals surface area contributed by atoms with Gasteiger partial charge in [-0.05, 0) is 25.1 Å². The fourth-order valence-electron chi connectivity index (χ4n) is 1.48. The van der Waals surface area contributed by atoms with Gasteiger partial charge in [-0.2, -0.15) is 0 Å². The van der Waals surface area contributed by atoms with Crippen LogP contribution in [0, 0.1) is 0 Å². The number of hydrogen-bond acceptors (Lipinski definition) is 3. The van der Waals surface area contributed by atoms with E-state index < -0.39 is 0 Å². The van der Waals surface area contributed by atoms with Gasteiger partial charge in [-0.1, -0.05) is 6.07 Å². The van der Waals surface area contributed by atoms with Crippen molar-refractivity contribution in [2.45, 2.75) is 26.3 Å². The predicted molar refractivity (Wildman–Crippen MR) is 79.7 cm³/mol. The topological polar surface area (TPSA) is 75.4 Å². The molecule has 0 aliphatic carbocycles. The Morgan fingerprint density at radius 2 is 2.05 bits per heavy atom. The van der Waals surface area contributed by atoms with E-state index in [2.05, 4.69) is 5.32 Å². The summed E-state index contributed by atoms with van der Waals surface area (Å²) >= 11 is 0. The molecule has 0 aromatic heterocycles. The maximum absolute atomic E-state index is 11.6. The van der Waals surface area contributed by atoms with E-state index in [0.29, 0.717) is 5.69 Å². The lowest BCUT2D eigenvalue weighted by Crippen LogP contribution is -2.25. The third-order valence-corrected chi connectivity index (χ3v) is 2.50. The van der Waals surface area contributed by atoms with E-state index in [-0.39, 0.29) is 36.7 Å². The quantitative estimate of drug-likeness (QED) is 0.885. The molecule has 0 spiro atoms. The van der Waals surface area contributed by atoms with E-state index in [1.807, 2.05) is 6.07 Å². The molecular weight excluding hydrogens is 266 g/mol. The van der Waals surface area contributed by atoms with Crippen molar-refractivity contribution in [3.05, 3.63) is 24.3 Å². The summed E-state index contributed by atoms with van der Waals surface area (Å²) in [6.07, 6.45) is 0.271. The number of benzene rings is 1. The Bertz CT molecular complexity index is 449. The van der Waals surface area contributed by atoms with Crippen molar-refractivity contribution in [2.24, 2.45) is 5.73 Å². The third kappa shape index (κ3) is 5.72. The first-order valence-corrected chi connectivity index (χ1v) is 5.80. The van der Waals surface area contributed by atoms with Gasteiger partial charge in [0, 0.05) is 37.8 Å². The number of anilines is 2.